The van der Waals surface area contributed by atoms with Gasteiger partial charge in [-0.1, -0.05) is 23.7 Å². The second-order valence-corrected chi connectivity index (χ2v) is 5.05. The van der Waals surface area contributed by atoms with Gasteiger partial charge in [-0.05, 0) is 48.4 Å². The first-order valence-corrected chi connectivity index (χ1v) is 7.24. The molecular weight excluding hydrogens is 312 g/mol. The fourth-order valence-electron chi connectivity index (χ4n) is 2.01. The van der Waals surface area contributed by atoms with Gasteiger partial charge in [-0.3, -0.25) is 0 Å². The fourth-order valence-corrected chi connectivity index (χ4v) is 2.23. The van der Waals surface area contributed by atoms with Crippen molar-refractivity contribution >= 4 is 23.3 Å². The van der Waals surface area contributed by atoms with Crippen LogP contribution in [-0.4, -0.2) is 11.7 Å². The molecule has 0 bridgehead atoms. The zero-order valence-electron chi connectivity index (χ0n) is 12.4. The Bertz CT molecular complexity index is 828. The molecule has 2 aromatic carbocycles. The number of nitrogens with zero attached hydrogens (tertiary/aromatic N) is 2. The van der Waals surface area contributed by atoms with E-state index < -0.39 is 0 Å². The molecule has 0 heterocycles. The minimum atomic E-state index is -0.123. The highest BCUT2D eigenvalue weighted by atomic mass is 35.5. The summed E-state index contributed by atoms with van der Waals surface area (Å²) in [7, 11) is 0. The van der Waals surface area contributed by atoms with Gasteiger partial charge in [0.25, 0.3) is 0 Å². The zero-order chi connectivity index (χ0) is 16.8. The Hall–Kier alpha value is -2.95. The maximum absolute atomic E-state index is 9.85. The fraction of sp³-hybridized carbons (Fsp3) is 0.111. The van der Waals surface area contributed by atoms with Crippen LogP contribution in [0.3, 0.4) is 0 Å². The molecule has 0 aromatic heterocycles. The van der Waals surface area contributed by atoms with E-state index in [2.05, 4.69) is 6.07 Å². The first kappa shape index (κ1) is 16.4. The monoisotopic (exact) mass is 324 g/mol. The molecule has 0 radical (unpaired) electrons. The molecule has 0 fully saturated rings. The summed E-state index contributed by atoms with van der Waals surface area (Å²) in [6, 6.07) is 14.0. The van der Waals surface area contributed by atoms with Crippen molar-refractivity contribution in [2.75, 3.05) is 6.61 Å². The quantitative estimate of drug-likeness (QED) is 0.668. The van der Waals surface area contributed by atoms with Crippen molar-refractivity contribution in [3.63, 3.8) is 0 Å². The number of rotatable bonds is 4. The maximum atomic E-state index is 9.85. The number of phenols is 1. The van der Waals surface area contributed by atoms with E-state index in [1.165, 1.54) is 0 Å². The first-order chi connectivity index (χ1) is 11.1. The Kier molecular flexibility index (Phi) is 5.25. The Morgan fingerprint density at radius 1 is 1.26 bits per heavy atom. The molecule has 5 heteroatoms. The minimum absolute atomic E-state index is 0.123. The Morgan fingerprint density at radius 3 is 2.52 bits per heavy atom. The van der Waals surface area contributed by atoms with Crippen LogP contribution in [0.1, 0.15) is 23.6 Å². The van der Waals surface area contributed by atoms with Crippen LogP contribution in [0.25, 0.3) is 11.6 Å². The predicted molar refractivity (Wildman–Crippen MR) is 88.9 cm³/mol. The van der Waals surface area contributed by atoms with Gasteiger partial charge in [0.1, 0.15) is 0 Å². The van der Waals surface area contributed by atoms with Gasteiger partial charge in [-0.2, -0.15) is 10.5 Å². The van der Waals surface area contributed by atoms with Crippen molar-refractivity contribution in [1.29, 1.82) is 10.5 Å². The van der Waals surface area contributed by atoms with Crippen LogP contribution in [0.4, 0.5) is 0 Å². The molecule has 0 atom stereocenters. The van der Waals surface area contributed by atoms with E-state index in [4.69, 9.17) is 21.6 Å². The average Bonchev–Trinajstić information content (AvgIpc) is 2.57. The number of halogens is 1. The highest BCUT2D eigenvalue weighted by Crippen LogP contribution is 2.36. The molecule has 23 heavy (non-hydrogen) atoms. The standard InChI is InChI=1S/C18H13ClN2O2/c1-2-23-17-9-13(8-16(19)18(17)22)7-15(11-21)14-5-3-12(10-20)4-6-14/h3-9,22H,2H2,1H3. The van der Waals surface area contributed by atoms with Gasteiger partial charge in [0.15, 0.2) is 11.5 Å². The lowest BCUT2D eigenvalue weighted by molar-refractivity contribution is 0.318. The van der Waals surface area contributed by atoms with Gasteiger partial charge in [-0.15, -0.1) is 0 Å². The highest BCUT2D eigenvalue weighted by molar-refractivity contribution is 6.32. The number of ether oxygens (including phenoxy) is 1. The summed E-state index contributed by atoms with van der Waals surface area (Å²) in [5.41, 5.74) is 2.27. The van der Waals surface area contributed by atoms with Gasteiger partial charge >= 0.3 is 0 Å². The van der Waals surface area contributed by atoms with Crippen LogP contribution in [0.5, 0.6) is 11.5 Å². The molecular formula is C18H13ClN2O2. The van der Waals surface area contributed by atoms with Crippen LogP contribution >= 0.6 is 11.6 Å². The molecule has 114 valence electrons. The summed E-state index contributed by atoms with van der Waals surface area (Å²) in [6.45, 7) is 2.19. The Labute approximate surface area is 139 Å². The van der Waals surface area contributed by atoms with E-state index in [-0.39, 0.29) is 16.5 Å². The molecule has 0 aliphatic carbocycles. The number of phenolic OH excluding ortho intramolecular Hbond substituents is 1. The lowest BCUT2D eigenvalue weighted by atomic mass is 10.0. The number of hydrogen-bond acceptors (Lipinski definition) is 4. The summed E-state index contributed by atoms with van der Waals surface area (Å²) in [4.78, 5) is 0. The van der Waals surface area contributed by atoms with E-state index in [0.29, 0.717) is 28.9 Å². The summed E-state index contributed by atoms with van der Waals surface area (Å²) in [5, 5.41) is 28.2. The number of hydrogen-bond donors (Lipinski definition) is 1. The summed E-state index contributed by atoms with van der Waals surface area (Å²) < 4.78 is 5.33. The third-order valence-corrected chi connectivity index (χ3v) is 3.40. The van der Waals surface area contributed by atoms with Crippen molar-refractivity contribution in [2.24, 2.45) is 0 Å². The molecule has 2 rings (SSSR count). The minimum Gasteiger partial charge on any atom is -0.503 e. The normalized spacial score (nSPS) is 10.7. The summed E-state index contributed by atoms with van der Waals surface area (Å²) >= 11 is 5.99. The molecule has 0 aliphatic heterocycles. The van der Waals surface area contributed by atoms with Crippen LogP contribution in [0.15, 0.2) is 36.4 Å². The highest BCUT2D eigenvalue weighted by Gasteiger charge is 2.10. The first-order valence-electron chi connectivity index (χ1n) is 6.86. The largest absolute Gasteiger partial charge is 0.503 e. The zero-order valence-corrected chi connectivity index (χ0v) is 13.1. The van der Waals surface area contributed by atoms with Gasteiger partial charge < -0.3 is 9.84 Å². The van der Waals surface area contributed by atoms with Crippen LogP contribution in [0, 0.1) is 22.7 Å². The number of allylic oxidation sites excluding steroid dienone is 1. The number of benzene rings is 2. The van der Waals surface area contributed by atoms with Crippen LogP contribution < -0.4 is 4.74 Å². The van der Waals surface area contributed by atoms with Crippen LogP contribution in [-0.2, 0) is 0 Å². The lowest BCUT2D eigenvalue weighted by Gasteiger charge is -2.09. The van der Waals surface area contributed by atoms with Gasteiger partial charge in [0.2, 0.25) is 0 Å². The van der Waals surface area contributed by atoms with E-state index >= 15 is 0 Å². The molecule has 0 aliphatic rings. The summed E-state index contributed by atoms with van der Waals surface area (Å²) in [6.07, 6.45) is 1.65. The summed E-state index contributed by atoms with van der Waals surface area (Å²) in [5.74, 6) is 0.144. The molecule has 2 aromatic rings. The second-order valence-electron chi connectivity index (χ2n) is 4.64. The van der Waals surface area contributed by atoms with Crippen molar-refractivity contribution in [2.45, 2.75) is 6.92 Å². The van der Waals surface area contributed by atoms with Gasteiger partial charge in [0, 0.05) is 0 Å². The number of nitriles is 2. The lowest BCUT2D eigenvalue weighted by Crippen LogP contribution is -1.93. The van der Waals surface area contributed by atoms with E-state index in [1.54, 1.807) is 49.4 Å². The molecule has 4 nitrogen and oxygen atoms in total. The van der Waals surface area contributed by atoms with Crippen molar-refractivity contribution in [3.8, 4) is 23.6 Å². The molecule has 0 saturated carbocycles. The average molecular weight is 325 g/mol. The van der Waals surface area contributed by atoms with Gasteiger partial charge in [-0.25, -0.2) is 0 Å². The smallest absolute Gasteiger partial charge is 0.176 e. The van der Waals surface area contributed by atoms with Crippen molar-refractivity contribution in [3.05, 3.63) is 58.1 Å². The van der Waals surface area contributed by atoms with Crippen molar-refractivity contribution < 1.29 is 9.84 Å². The molecule has 1 N–H and O–H groups in total. The Morgan fingerprint density at radius 2 is 1.96 bits per heavy atom. The molecule has 0 unspecified atom stereocenters. The third kappa shape index (κ3) is 3.83. The SMILES string of the molecule is CCOc1cc(C=C(C#N)c2ccc(C#N)cc2)cc(Cl)c1O. The Balaban J connectivity index is 2.45. The van der Waals surface area contributed by atoms with E-state index in [0.717, 1.165) is 0 Å². The third-order valence-electron chi connectivity index (χ3n) is 3.11. The predicted octanol–water partition coefficient (Wildman–Crippen LogP) is 4.38. The molecule has 0 amide bonds. The molecule has 0 saturated heterocycles. The topological polar surface area (TPSA) is 77.0 Å². The van der Waals surface area contributed by atoms with E-state index in [1.807, 2.05) is 6.07 Å². The van der Waals surface area contributed by atoms with Crippen LogP contribution in [0.2, 0.25) is 5.02 Å². The second kappa shape index (κ2) is 7.35. The van der Waals surface area contributed by atoms with Crippen molar-refractivity contribution in [1.82, 2.24) is 0 Å². The maximum Gasteiger partial charge on any atom is 0.176 e. The number of aromatic hydroxyl groups is 1. The van der Waals surface area contributed by atoms with E-state index in [9.17, 15) is 10.4 Å². The molecule has 0 spiro atoms. The van der Waals surface area contributed by atoms with Gasteiger partial charge in [0.05, 0.1) is 34.9 Å².